The first-order valence-electron chi connectivity index (χ1n) is 3.06. The number of benzene rings is 1. The van der Waals surface area contributed by atoms with E-state index in [0.29, 0.717) is 12.1 Å². The molecule has 0 bridgehead atoms. The van der Waals surface area contributed by atoms with Crippen molar-refractivity contribution in [2.24, 2.45) is 0 Å². The van der Waals surface area contributed by atoms with E-state index in [1.807, 2.05) is 0 Å². The molecule has 0 fully saturated rings. The van der Waals surface area contributed by atoms with Crippen LogP contribution in [0.5, 0.6) is 0 Å². The minimum absolute atomic E-state index is 0.595. The van der Waals surface area contributed by atoms with Crippen LogP contribution >= 0.6 is 11.6 Å². The van der Waals surface area contributed by atoms with Crippen molar-refractivity contribution < 1.29 is 17.3 Å². The lowest BCUT2D eigenvalue weighted by Crippen LogP contribution is -2.34. The second-order valence-corrected chi connectivity index (χ2v) is 2.65. The second kappa shape index (κ2) is 2.97. The molecule has 0 N–H and O–H groups in total. The highest BCUT2D eigenvalue weighted by atomic mass is 35.5. The van der Waals surface area contributed by atoms with Gasteiger partial charge < -0.3 is 12.9 Å². The Morgan fingerprint density at radius 1 is 1.17 bits per heavy atom. The zero-order chi connectivity index (χ0) is 9.35. The topological polar surface area (TPSA) is 0 Å². The Labute approximate surface area is 71.2 Å². The Bertz CT molecular complexity index is 296. The van der Waals surface area contributed by atoms with Gasteiger partial charge in [-0.05, 0) is 12.1 Å². The fourth-order valence-electron chi connectivity index (χ4n) is 0.767. The van der Waals surface area contributed by atoms with Crippen molar-refractivity contribution in [1.29, 1.82) is 0 Å². The summed E-state index contributed by atoms with van der Waals surface area (Å²) in [5.74, 6) is -0.774. The van der Waals surface area contributed by atoms with Crippen molar-refractivity contribution in [2.75, 3.05) is 0 Å². The van der Waals surface area contributed by atoms with Crippen LogP contribution in [0.4, 0.5) is 17.3 Å². The normalized spacial score (nSPS) is 11.8. The van der Waals surface area contributed by atoms with E-state index in [0.717, 1.165) is 6.07 Å². The molecule has 1 aromatic rings. The molecule has 0 unspecified atom stereocenters. The summed E-state index contributed by atoms with van der Waals surface area (Å²) in [5.41, 5.74) is -0.960. The first-order valence-corrected chi connectivity index (χ1v) is 3.44. The summed E-state index contributed by atoms with van der Waals surface area (Å²) in [5, 5.41) is -0.595. The number of hydrogen-bond acceptors (Lipinski definition) is 0. The first-order chi connectivity index (χ1) is 5.41. The van der Waals surface area contributed by atoms with Gasteiger partial charge >= 0.3 is 6.98 Å². The van der Waals surface area contributed by atoms with E-state index in [4.69, 9.17) is 11.6 Å². The van der Waals surface area contributed by atoms with Gasteiger partial charge in [-0.15, -0.1) is 0 Å². The van der Waals surface area contributed by atoms with Crippen molar-refractivity contribution in [3.05, 3.63) is 29.0 Å². The second-order valence-electron chi connectivity index (χ2n) is 2.24. The van der Waals surface area contributed by atoms with Crippen LogP contribution in [0.3, 0.4) is 0 Å². The Balaban J connectivity index is 3.19. The molecule has 0 spiro atoms. The highest BCUT2D eigenvalue weighted by Crippen LogP contribution is 2.16. The van der Waals surface area contributed by atoms with Crippen molar-refractivity contribution in [2.45, 2.75) is 0 Å². The number of hydrogen-bond donors (Lipinski definition) is 0. The smallest absolute Gasteiger partial charge is 0.445 e. The lowest BCUT2D eigenvalue weighted by atomic mass is 9.80. The summed E-state index contributed by atoms with van der Waals surface area (Å²) in [6.45, 7) is -5.14. The molecule has 12 heavy (non-hydrogen) atoms. The van der Waals surface area contributed by atoms with E-state index in [2.05, 4.69) is 0 Å². The van der Waals surface area contributed by atoms with E-state index in [-0.39, 0.29) is 0 Å². The molecule has 0 aliphatic heterocycles. The summed E-state index contributed by atoms with van der Waals surface area (Å²) in [4.78, 5) is 0. The zero-order valence-corrected chi connectivity index (χ0v) is 6.46. The van der Waals surface area contributed by atoms with Gasteiger partial charge in [0.15, 0.2) is 0 Å². The van der Waals surface area contributed by atoms with E-state index in [1.165, 1.54) is 0 Å². The van der Waals surface area contributed by atoms with Gasteiger partial charge in [0.1, 0.15) is 5.82 Å². The van der Waals surface area contributed by atoms with Crippen molar-refractivity contribution in [3.8, 4) is 0 Å². The summed E-state index contributed by atoms with van der Waals surface area (Å²) >= 11 is 5.17. The molecule has 0 atom stereocenters. The summed E-state index contributed by atoms with van der Waals surface area (Å²) in [6, 6.07) is 2.01. The SMILES string of the molecule is Fc1ccc([B-](F)(F)F)c(Cl)c1. The molecule has 0 saturated carbocycles. The molecule has 0 radical (unpaired) electrons. The Hall–Kier alpha value is -0.705. The Kier molecular flexibility index (Phi) is 2.33. The summed E-state index contributed by atoms with van der Waals surface area (Å²) in [7, 11) is 0. The van der Waals surface area contributed by atoms with Crippen LogP contribution in [0.25, 0.3) is 0 Å². The molecule has 0 amide bonds. The standard InChI is InChI=1S/C6H3BClF4/c8-6-3-4(9)1-2-5(6)7(10,11)12/h1-3H/q-1. The van der Waals surface area contributed by atoms with E-state index in [1.54, 1.807) is 0 Å². The van der Waals surface area contributed by atoms with Gasteiger partial charge in [0.05, 0.1) is 0 Å². The largest absolute Gasteiger partial charge is 0.511 e. The van der Waals surface area contributed by atoms with Crippen LogP contribution in [-0.4, -0.2) is 6.98 Å². The Morgan fingerprint density at radius 2 is 1.75 bits per heavy atom. The van der Waals surface area contributed by atoms with Crippen LogP contribution in [0.2, 0.25) is 5.02 Å². The Morgan fingerprint density at radius 3 is 2.17 bits per heavy atom. The van der Waals surface area contributed by atoms with E-state index < -0.39 is 23.3 Å². The number of halogens is 5. The van der Waals surface area contributed by atoms with Gasteiger partial charge in [-0.3, -0.25) is 0 Å². The number of rotatable bonds is 1. The van der Waals surface area contributed by atoms with Crippen molar-refractivity contribution >= 4 is 24.0 Å². The van der Waals surface area contributed by atoms with Gasteiger partial charge in [0, 0.05) is 5.02 Å². The highest BCUT2D eigenvalue weighted by Gasteiger charge is 2.27. The third-order valence-electron chi connectivity index (χ3n) is 1.32. The summed E-state index contributed by atoms with van der Waals surface area (Å²) in [6.07, 6.45) is 0. The minimum Gasteiger partial charge on any atom is -0.445 e. The first kappa shape index (κ1) is 9.38. The fourth-order valence-corrected chi connectivity index (χ4v) is 1.06. The zero-order valence-electron chi connectivity index (χ0n) is 5.70. The molecule has 0 aliphatic carbocycles. The van der Waals surface area contributed by atoms with E-state index >= 15 is 0 Å². The molecule has 6 heteroatoms. The van der Waals surface area contributed by atoms with Crippen LogP contribution in [0, 0.1) is 5.82 Å². The van der Waals surface area contributed by atoms with Gasteiger partial charge in [-0.2, -0.15) is 0 Å². The van der Waals surface area contributed by atoms with Crippen LogP contribution in [0.1, 0.15) is 0 Å². The summed E-state index contributed by atoms with van der Waals surface area (Å²) < 4.78 is 48.4. The molecule has 0 aliphatic rings. The average molecular weight is 197 g/mol. The van der Waals surface area contributed by atoms with Gasteiger partial charge in [-0.1, -0.05) is 23.1 Å². The maximum Gasteiger partial charge on any atom is 0.511 e. The predicted octanol–water partition coefficient (Wildman–Crippen LogP) is 2.53. The molecule has 0 heterocycles. The predicted molar refractivity (Wildman–Crippen MR) is 40.1 cm³/mol. The lowest BCUT2D eigenvalue weighted by Gasteiger charge is -2.15. The molecular formula is C6H3BClF4-. The highest BCUT2D eigenvalue weighted by molar-refractivity contribution is 6.75. The average Bonchev–Trinajstić information content (AvgIpc) is 1.83. The van der Waals surface area contributed by atoms with Gasteiger partial charge in [0.2, 0.25) is 0 Å². The molecule has 1 rings (SSSR count). The maximum absolute atomic E-state index is 12.3. The van der Waals surface area contributed by atoms with Crippen molar-refractivity contribution in [1.82, 2.24) is 0 Å². The van der Waals surface area contributed by atoms with Gasteiger partial charge in [-0.25, -0.2) is 4.39 Å². The lowest BCUT2D eigenvalue weighted by molar-refractivity contribution is 0.501. The molecular weight excluding hydrogens is 194 g/mol. The third kappa shape index (κ3) is 1.91. The third-order valence-corrected chi connectivity index (χ3v) is 1.64. The minimum atomic E-state index is -5.14. The van der Waals surface area contributed by atoms with Gasteiger partial charge in [0.25, 0.3) is 0 Å². The molecule has 66 valence electrons. The molecule has 0 nitrogen and oxygen atoms in total. The quantitative estimate of drug-likeness (QED) is 0.479. The van der Waals surface area contributed by atoms with Crippen LogP contribution in [0.15, 0.2) is 18.2 Å². The molecule has 0 saturated heterocycles. The van der Waals surface area contributed by atoms with Crippen LogP contribution < -0.4 is 5.46 Å². The fraction of sp³-hybridized carbons (Fsp3) is 0. The molecule has 0 aromatic heterocycles. The van der Waals surface area contributed by atoms with Crippen molar-refractivity contribution in [3.63, 3.8) is 0 Å². The van der Waals surface area contributed by atoms with Crippen LogP contribution in [-0.2, 0) is 0 Å². The molecule has 1 aromatic carbocycles. The monoisotopic (exact) mass is 197 g/mol. The maximum atomic E-state index is 12.3. The van der Waals surface area contributed by atoms with E-state index in [9.17, 15) is 17.3 Å².